The highest BCUT2D eigenvalue weighted by Crippen LogP contribution is 2.35. The van der Waals surface area contributed by atoms with Gasteiger partial charge in [0.2, 0.25) is 5.88 Å². The molecule has 0 N–H and O–H groups in total. The number of halogens is 1. The van der Waals surface area contributed by atoms with Crippen LogP contribution >= 0.6 is 15.9 Å². The van der Waals surface area contributed by atoms with Crippen molar-refractivity contribution in [3.8, 4) is 5.88 Å². The SMILES string of the molecule is Cc1nc(Br)cc(OC2CC(C)CCC2C(C)C)n1. The Bertz CT molecular complexity index is 416. The average Bonchev–Trinajstić information content (AvgIpc) is 2.26. The zero-order valence-electron chi connectivity index (χ0n) is 12.2. The van der Waals surface area contributed by atoms with Crippen LogP contribution in [0, 0.1) is 24.7 Å². The molecule has 0 spiro atoms. The van der Waals surface area contributed by atoms with Crippen LogP contribution in [0.2, 0.25) is 0 Å². The molecule has 106 valence electrons. The predicted molar refractivity (Wildman–Crippen MR) is 80.2 cm³/mol. The number of rotatable bonds is 3. The molecule has 0 radical (unpaired) electrons. The van der Waals surface area contributed by atoms with E-state index < -0.39 is 0 Å². The Morgan fingerprint density at radius 2 is 2.05 bits per heavy atom. The van der Waals surface area contributed by atoms with Crippen LogP contribution in [-0.4, -0.2) is 16.1 Å². The molecule has 0 saturated heterocycles. The Balaban J connectivity index is 2.13. The third-order valence-electron chi connectivity index (χ3n) is 4.02. The van der Waals surface area contributed by atoms with Gasteiger partial charge in [-0.2, -0.15) is 4.98 Å². The molecule has 1 saturated carbocycles. The van der Waals surface area contributed by atoms with Crippen LogP contribution in [0.25, 0.3) is 0 Å². The molecule has 19 heavy (non-hydrogen) atoms. The van der Waals surface area contributed by atoms with E-state index in [9.17, 15) is 0 Å². The molecule has 1 aliphatic rings. The molecule has 1 heterocycles. The van der Waals surface area contributed by atoms with Crippen LogP contribution in [0.5, 0.6) is 5.88 Å². The van der Waals surface area contributed by atoms with Crippen LogP contribution in [0.4, 0.5) is 0 Å². The average molecular weight is 327 g/mol. The highest BCUT2D eigenvalue weighted by Gasteiger charge is 2.32. The lowest BCUT2D eigenvalue weighted by atomic mass is 9.75. The van der Waals surface area contributed by atoms with E-state index >= 15 is 0 Å². The van der Waals surface area contributed by atoms with Gasteiger partial charge >= 0.3 is 0 Å². The molecule has 3 nitrogen and oxygen atoms in total. The molecule has 0 bridgehead atoms. The van der Waals surface area contributed by atoms with Crippen molar-refractivity contribution in [1.82, 2.24) is 9.97 Å². The number of nitrogens with zero attached hydrogens (tertiary/aromatic N) is 2. The third kappa shape index (κ3) is 3.91. The number of hydrogen-bond donors (Lipinski definition) is 0. The van der Waals surface area contributed by atoms with Crippen molar-refractivity contribution in [3.63, 3.8) is 0 Å². The number of aryl methyl sites for hydroxylation is 1. The van der Waals surface area contributed by atoms with Gasteiger partial charge in [-0.1, -0.05) is 27.2 Å². The fraction of sp³-hybridized carbons (Fsp3) is 0.733. The van der Waals surface area contributed by atoms with Crippen molar-refractivity contribution in [3.05, 3.63) is 16.5 Å². The van der Waals surface area contributed by atoms with E-state index in [1.54, 1.807) is 0 Å². The first kappa shape index (κ1) is 14.8. The molecule has 0 aromatic carbocycles. The summed E-state index contributed by atoms with van der Waals surface area (Å²) in [5.41, 5.74) is 0. The molecular weight excluding hydrogens is 304 g/mol. The van der Waals surface area contributed by atoms with E-state index in [0.717, 1.165) is 22.8 Å². The summed E-state index contributed by atoms with van der Waals surface area (Å²) in [6.07, 6.45) is 3.98. The van der Waals surface area contributed by atoms with Crippen molar-refractivity contribution in [2.24, 2.45) is 17.8 Å². The second-order valence-electron chi connectivity index (χ2n) is 6.06. The molecule has 0 aliphatic heterocycles. The second kappa shape index (κ2) is 6.21. The number of hydrogen-bond acceptors (Lipinski definition) is 3. The summed E-state index contributed by atoms with van der Waals surface area (Å²) in [6.45, 7) is 8.78. The molecule has 1 aliphatic carbocycles. The largest absolute Gasteiger partial charge is 0.474 e. The molecular formula is C15H23BrN2O. The summed E-state index contributed by atoms with van der Waals surface area (Å²) in [4.78, 5) is 8.61. The van der Waals surface area contributed by atoms with E-state index in [1.807, 2.05) is 13.0 Å². The van der Waals surface area contributed by atoms with Gasteiger partial charge in [-0.05, 0) is 53.4 Å². The molecule has 1 aromatic rings. The first-order valence-corrected chi connectivity index (χ1v) is 7.93. The highest BCUT2D eigenvalue weighted by atomic mass is 79.9. The monoisotopic (exact) mass is 326 g/mol. The quantitative estimate of drug-likeness (QED) is 0.773. The Morgan fingerprint density at radius 3 is 2.68 bits per heavy atom. The van der Waals surface area contributed by atoms with Gasteiger partial charge in [0.05, 0.1) is 0 Å². The molecule has 3 unspecified atom stereocenters. The summed E-state index contributed by atoms with van der Waals surface area (Å²) < 4.78 is 6.97. The Hall–Kier alpha value is -0.640. The summed E-state index contributed by atoms with van der Waals surface area (Å²) in [5, 5.41) is 0. The van der Waals surface area contributed by atoms with Crippen LogP contribution in [0.3, 0.4) is 0 Å². The van der Waals surface area contributed by atoms with Crippen LogP contribution < -0.4 is 4.74 Å². The van der Waals surface area contributed by atoms with Gasteiger partial charge in [-0.25, -0.2) is 4.98 Å². The molecule has 4 heteroatoms. The number of ether oxygens (including phenoxy) is 1. The Kier molecular flexibility index (Phi) is 4.82. The third-order valence-corrected chi connectivity index (χ3v) is 4.42. The minimum atomic E-state index is 0.282. The van der Waals surface area contributed by atoms with E-state index in [4.69, 9.17) is 4.74 Å². The lowest BCUT2D eigenvalue weighted by molar-refractivity contribution is 0.0423. The van der Waals surface area contributed by atoms with Gasteiger partial charge in [-0.3, -0.25) is 0 Å². The predicted octanol–water partition coefficient (Wildman–Crippen LogP) is 4.39. The summed E-state index contributed by atoms with van der Waals surface area (Å²) in [6, 6.07) is 1.86. The summed E-state index contributed by atoms with van der Waals surface area (Å²) >= 11 is 3.40. The van der Waals surface area contributed by atoms with Gasteiger partial charge in [0, 0.05) is 6.07 Å². The van der Waals surface area contributed by atoms with Gasteiger partial charge in [-0.15, -0.1) is 0 Å². The van der Waals surface area contributed by atoms with Crippen LogP contribution in [0.15, 0.2) is 10.7 Å². The minimum Gasteiger partial charge on any atom is -0.474 e. The van der Waals surface area contributed by atoms with Crippen molar-refractivity contribution >= 4 is 15.9 Å². The highest BCUT2D eigenvalue weighted by molar-refractivity contribution is 9.10. The lowest BCUT2D eigenvalue weighted by Crippen LogP contribution is -2.36. The van der Waals surface area contributed by atoms with Gasteiger partial charge in [0.1, 0.15) is 16.5 Å². The van der Waals surface area contributed by atoms with E-state index in [2.05, 4.69) is 46.7 Å². The van der Waals surface area contributed by atoms with Gasteiger partial charge in [0.25, 0.3) is 0 Å². The molecule has 2 rings (SSSR count). The van der Waals surface area contributed by atoms with Gasteiger partial charge < -0.3 is 4.74 Å². The maximum atomic E-state index is 6.18. The van der Waals surface area contributed by atoms with Crippen molar-refractivity contribution in [2.75, 3.05) is 0 Å². The second-order valence-corrected chi connectivity index (χ2v) is 6.87. The van der Waals surface area contributed by atoms with Crippen LogP contribution in [0.1, 0.15) is 45.9 Å². The topological polar surface area (TPSA) is 35.0 Å². The molecule has 3 atom stereocenters. The molecule has 0 amide bonds. The van der Waals surface area contributed by atoms with Crippen molar-refractivity contribution < 1.29 is 4.74 Å². The van der Waals surface area contributed by atoms with E-state index in [-0.39, 0.29) is 6.10 Å². The number of aromatic nitrogens is 2. The van der Waals surface area contributed by atoms with E-state index in [1.165, 1.54) is 12.8 Å². The maximum Gasteiger partial charge on any atom is 0.217 e. The minimum absolute atomic E-state index is 0.282. The molecule has 1 fully saturated rings. The first-order valence-electron chi connectivity index (χ1n) is 7.13. The summed E-state index contributed by atoms with van der Waals surface area (Å²) in [7, 11) is 0. The van der Waals surface area contributed by atoms with Crippen molar-refractivity contribution in [1.29, 1.82) is 0 Å². The summed E-state index contributed by atoms with van der Waals surface area (Å²) in [5.74, 6) is 3.47. The Morgan fingerprint density at radius 1 is 1.32 bits per heavy atom. The standard InChI is InChI=1S/C15H23BrN2O/c1-9(2)12-6-5-10(3)7-13(12)19-15-8-14(16)17-11(4)18-15/h8-10,12-13H,5-7H2,1-4H3. The van der Waals surface area contributed by atoms with E-state index in [0.29, 0.717) is 17.7 Å². The first-order chi connectivity index (χ1) is 8.95. The maximum absolute atomic E-state index is 6.18. The van der Waals surface area contributed by atoms with Crippen molar-refractivity contribution in [2.45, 2.75) is 53.1 Å². The fourth-order valence-corrected chi connectivity index (χ4v) is 3.42. The zero-order valence-corrected chi connectivity index (χ0v) is 13.8. The molecule has 1 aromatic heterocycles. The normalized spacial score (nSPS) is 27.6. The lowest BCUT2D eigenvalue weighted by Gasteiger charge is -2.37. The van der Waals surface area contributed by atoms with Gasteiger partial charge in [0.15, 0.2) is 0 Å². The zero-order chi connectivity index (χ0) is 14.0. The fourth-order valence-electron chi connectivity index (χ4n) is 2.97. The van der Waals surface area contributed by atoms with Crippen LogP contribution in [-0.2, 0) is 0 Å². The smallest absolute Gasteiger partial charge is 0.217 e. The Labute approximate surface area is 124 Å².